The summed E-state index contributed by atoms with van der Waals surface area (Å²) in [5.41, 5.74) is 12.2. The van der Waals surface area contributed by atoms with Crippen LogP contribution >= 0.6 is 11.8 Å². The highest BCUT2D eigenvalue weighted by atomic mass is 32.2. The van der Waals surface area contributed by atoms with Crippen molar-refractivity contribution < 1.29 is 29.1 Å². The molecule has 1 rings (SSSR count). The van der Waals surface area contributed by atoms with E-state index in [1.165, 1.54) is 11.8 Å². The standard InChI is InChI=1S/C24H37N5O6S/c1-4-14(2)20(24(34)35)29-23(33)18(13-19(26)30)28-22(32)17(10-11-36-3)27-21(31)16(25)12-15-8-6-5-7-9-15/h5-9,14,16-18,20H,4,10-13,25H2,1-3H3,(H2,26,30)(H,27,31)(H,28,32)(H,29,33)(H,34,35). The van der Waals surface area contributed by atoms with Crippen LogP contribution in [0.15, 0.2) is 30.3 Å². The van der Waals surface area contributed by atoms with Crippen molar-refractivity contribution in [2.75, 3.05) is 12.0 Å². The van der Waals surface area contributed by atoms with Crippen LogP contribution in [-0.4, -0.2) is 70.9 Å². The minimum absolute atomic E-state index is 0.242. The molecule has 8 N–H and O–H groups in total. The molecule has 0 aliphatic rings. The highest BCUT2D eigenvalue weighted by Crippen LogP contribution is 2.10. The molecule has 200 valence electrons. The summed E-state index contributed by atoms with van der Waals surface area (Å²) < 4.78 is 0. The molecule has 5 atom stereocenters. The van der Waals surface area contributed by atoms with Gasteiger partial charge in [-0.2, -0.15) is 11.8 Å². The van der Waals surface area contributed by atoms with Crippen LogP contribution in [0.1, 0.15) is 38.7 Å². The average Bonchev–Trinajstić information content (AvgIpc) is 2.83. The molecular weight excluding hydrogens is 486 g/mol. The third-order valence-corrected chi connectivity index (χ3v) is 6.34. The van der Waals surface area contributed by atoms with Crippen molar-refractivity contribution in [3.8, 4) is 0 Å². The first-order chi connectivity index (χ1) is 17.0. The van der Waals surface area contributed by atoms with E-state index in [2.05, 4.69) is 16.0 Å². The summed E-state index contributed by atoms with van der Waals surface area (Å²) in [5, 5.41) is 16.9. The number of carboxylic acids is 1. The van der Waals surface area contributed by atoms with Gasteiger partial charge in [0.1, 0.15) is 18.1 Å². The van der Waals surface area contributed by atoms with Gasteiger partial charge in [-0.15, -0.1) is 0 Å². The summed E-state index contributed by atoms with van der Waals surface area (Å²) >= 11 is 1.46. The maximum absolute atomic E-state index is 13.0. The van der Waals surface area contributed by atoms with Crippen LogP contribution in [0.2, 0.25) is 0 Å². The fourth-order valence-electron chi connectivity index (χ4n) is 3.36. The summed E-state index contributed by atoms with van der Waals surface area (Å²) in [6.07, 6.45) is 2.29. The first-order valence-corrected chi connectivity index (χ1v) is 13.1. The lowest BCUT2D eigenvalue weighted by Crippen LogP contribution is -2.58. The van der Waals surface area contributed by atoms with Crippen LogP contribution in [-0.2, 0) is 30.4 Å². The van der Waals surface area contributed by atoms with E-state index < -0.39 is 66.1 Å². The molecule has 1 aromatic rings. The zero-order chi connectivity index (χ0) is 27.3. The Balaban J connectivity index is 2.96. The molecule has 1 aromatic carbocycles. The minimum atomic E-state index is -1.41. The minimum Gasteiger partial charge on any atom is -0.480 e. The summed E-state index contributed by atoms with van der Waals surface area (Å²) in [6.45, 7) is 3.43. The lowest BCUT2D eigenvalue weighted by Gasteiger charge is -2.26. The molecule has 0 saturated carbocycles. The van der Waals surface area contributed by atoms with Crippen LogP contribution < -0.4 is 27.4 Å². The quantitative estimate of drug-likeness (QED) is 0.171. The molecule has 0 radical (unpaired) electrons. The molecule has 12 heteroatoms. The second-order valence-corrected chi connectivity index (χ2v) is 9.57. The lowest BCUT2D eigenvalue weighted by atomic mass is 9.98. The molecule has 0 bridgehead atoms. The topological polar surface area (TPSA) is 194 Å². The van der Waals surface area contributed by atoms with E-state index in [1.54, 1.807) is 13.8 Å². The third kappa shape index (κ3) is 10.6. The molecule has 0 spiro atoms. The Bertz CT molecular complexity index is 900. The largest absolute Gasteiger partial charge is 0.480 e. The van der Waals surface area contributed by atoms with Crippen LogP contribution in [0.5, 0.6) is 0 Å². The van der Waals surface area contributed by atoms with Crippen molar-refractivity contribution in [1.29, 1.82) is 0 Å². The predicted octanol–water partition coefficient (Wildman–Crippen LogP) is -0.230. The smallest absolute Gasteiger partial charge is 0.326 e. The Morgan fingerprint density at radius 1 is 0.972 bits per heavy atom. The Morgan fingerprint density at radius 2 is 1.56 bits per heavy atom. The summed E-state index contributed by atoms with van der Waals surface area (Å²) in [7, 11) is 0. The van der Waals surface area contributed by atoms with Crippen LogP contribution in [0.25, 0.3) is 0 Å². The second-order valence-electron chi connectivity index (χ2n) is 8.58. The molecule has 0 aromatic heterocycles. The average molecular weight is 524 g/mol. The van der Waals surface area contributed by atoms with E-state index in [0.717, 1.165) is 5.56 Å². The number of amides is 4. The molecule has 0 heterocycles. The highest BCUT2D eigenvalue weighted by Gasteiger charge is 2.32. The summed E-state index contributed by atoms with van der Waals surface area (Å²) in [6, 6.07) is 4.62. The van der Waals surface area contributed by atoms with E-state index in [-0.39, 0.29) is 12.8 Å². The number of thioether (sulfide) groups is 1. The third-order valence-electron chi connectivity index (χ3n) is 5.69. The maximum atomic E-state index is 13.0. The van der Waals surface area contributed by atoms with Crippen molar-refractivity contribution in [2.24, 2.45) is 17.4 Å². The second kappa shape index (κ2) is 15.8. The van der Waals surface area contributed by atoms with Crippen molar-refractivity contribution in [3.63, 3.8) is 0 Å². The van der Waals surface area contributed by atoms with Gasteiger partial charge in [-0.25, -0.2) is 4.79 Å². The van der Waals surface area contributed by atoms with Gasteiger partial charge in [0.15, 0.2) is 0 Å². The van der Waals surface area contributed by atoms with Crippen LogP contribution in [0.3, 0.4) is 0 Å². The van der Waals surface area contributed by atoms with Gasteiger partial charge in [-0.1, -0.05) is 50.6 Å². The van der Waals surface area contributed by atoms with Crippen molar-refractivity contribution >= 4 is 41.4 Å². The summed E-state index contributed by atoms with van der Waals surface area (Å²) in [5.74, 6) is -4.07. The van der Waals surface area contributed by atoms with Crippen LogP contribution in [0, 0.1) is 5.92 Å². The Hall–Kier alpha value is -3.12. The van der Waals surface area contributed by atoms with E-state index in [1.807, 2.05) is 36.6 Å². The van der Waals surface area contributed by atoms with Gasteiger partial charge >= 0.3 is 5.97 Å². The van der Waals surface area contributed by atoms with E-state index >= 15 is 0 Å². The highest BCUT2D eigenvalue weighted by molar-refractivity contribution is 7.98. The normalized spacial score (nSPS) is 15.0. The molecular formula is C24H37N5O6S. The zero-order valence-corrected chi connectivity index (χ0v) is 21.7. The van der Waals surface area contributed by atoms with E-state index in [4.69, 9.17) is 11.5 Å². The maximum Gasteiger partial charge on any atom is 0.326 e. The lowest BCUT2D eigenvalue weighted by molar-refractivity contribution is -0.144. The number of benzene rings is 1. The molecule has 0 aliphatic heterocycles. The van der Waals surface area contributed by atoms with Crippen LogP contribution in [0.4, 0.5) is 0 Å². The molecule has 0 saturated heterocycles. The number of hydrogen-bond acceptors (Lipinski definition) is 7. The van der Waals surface area contributed by atoms with Gasteiger partial charge in [-0.3, -0.25) is 19.2 Å². The molecule has 11 nitrogen and oxygen atoms in total. The van der Waals surface area contributed by atoms with E-state index in [0.29, 0.717) is 12.2 Å². The van der Waals surface area contributed by atoms with Gasteiger partial charge in [-0.05, 0) is 36.3 Å². The number of carbonyl (C=O) groups is 5. The van der Waals surface area contributed by atoms with Gasteiger partial charge in [0.2, 0.25) is 23.6 Å². The molecule has 5 unspecified atom stereocenters. The van der Waals surface area contributed by atoms with Crippen molar-refractivity contribution in [1.82, 2.24) is 16.0 Å². The number of carbonyl (C=O) groups excluding carboxylic acids is 4. The van der Waals surface area contributed by atoms with Crippen molar-refractivity contribution in [3.05, 3.63) is 35.9 Å². The number of aliphatic carboxylic acids is 1. The Labute approximate surface area is 215 Å². The zero-order valence-electron chi connectivity index (χ0n) is 20.9. The number of rotatable bonds is 16. The number of nitrogens with one attached hydrogen (secondary N) is 3. The van der Waals surface area contributed by atoms with Gasteiger partial charge in [0.25, 0.3) is 0 Å². The Kier molecular flexibility index (Phi) is 13.6. The molecule has 4 amide bonds. The first kappa shape index (κ1) is 30.9. The van der Waals surface area contributed by atoms with Gasteiger partial charge in [0.05, 0.1) is 12.5 Å². The molecule has 0 aliphatic carbocycles. The fourth-order valence-corrected chi connectivity index (χ4v) is 3.84. The summed E-state index contributed by atoms with van der Waals surface area (Å²) in [4.78, 5) is 61.7. The predicted molar refractivity (Wildman–Crippen MR) is 138 cm³/mol. The SMILES string of the molecule is CCC(C)C(NC(=O)C(CC(N)=O)NC(=O)C(CCSC)NC(=O)C(N)Cc1ccccc1)C(=O)O. The number of carboxylic acid groups (broad SMARTS) is 1. The van der Waals surface area contributed by atoms with E-state index in [9.17, 15) is 29.1 Å². The molecule has 36 heavy (non-hydrogen) atoms. The number of primary amides is 1. The van der Waals surface area contributed by atoms with Crippen molar-refractivity contribution in [2.45, 2.75) is 63.7 Å². The van der Waals surface area contributed by atoms with Gasteiger partial charge < -0.3 is 32.5 Å². The first-order valence-electron chi connectivity index (χ1n) is 11.7. The fraction of sp³-hybridized carbons (Fsp3) is 0.542. The Morgan fingerprint density at radius 3 is 2.08 bits per heavy atom. The monoisotopic (exact) mass is 523 g/mol. The number of hydrogen-bond donors (Lipinski definition) is 6. The van der Waals surface area contributed by atoms with Gasteiger partial charge in [0, 0.05) is 0 Å². The molecule has 0 fully saturated rings. The number of nitrogens with two attached hydrogens (primary N) is 2.